The number of anilines is 2. The fourth-order valence-corrected chi connectivity index (χ4v) is 2.93. The van der Waals surface area contributed by atoms with Crippen LogP contribution in [-0.2, 0) is 9.59 Å². The summed E-state index contributed by atoms with van der Waals surface area (Å²) >= 11 is 0. The van der Waals surface area contributed by atoms with E-state index in [1.807, 2.05) is 32.0 Å². The first-order valence-electron chi connectivity index (χ1n) is 8.55. The summed E-state index contributed by atoms with van der Waals surface area (Å²) in [6, 6.07) is 11.4. The van der Waals surface area contributed by atoms with Gasteiger partial charge >= 0.3 is 0 Å². The molecule has 0 radical (unpaired) electrons. The highest BCUT2D eigenvalue weighted by molar-refractivity contribution is 5.99. The molecule has 3 rings (SSSR count). The second-order valence-corrected chi connectivity index (χ2v) is 6.46. The monoisotopic (exact) mass is 356 g/mol. The average molecular weight is 356 g/mol. The first-order chi connectivity index (χ1) is 12.4. The van der Waals surface area contributed by atoms with E-state index >= 15 is 0 Å². The van der Waals surface area contributed by atoms with E-state index in [0.29, 0.717) is 18.0 Å². The fourth-order valence-electron chi connectivity index (χ4n) is 2.93. The number of carbonyl (C=O) groups is 2. The van der Waals surface area contributed by atoms with Crippen molar-refractivity contribution in [3.63, 3.8) is 0 Å². The minimum absolute atomic E-state index is 0.0300. The third kappa shape index (κ3) is 4.20. The van der Waals surface area contributed by atoms with E-state index in [4.69, 9.17) is 4.74 Å². The van der Waals surface area contributed by atoms with Gasteiger partial charge in [0.15, 0.2) is 0 Å². The van der Waals surface area contributed by atoms with E-state index in [1.165, 1.54) is 18.2 Å². The van der Waals surface area contributed by atoms with Gasteiger partial charge in [0.2, 0.25) is 11.8 Å². The first-order valence-corrected chi connectivity index (χ1v) is 8.55. The zero-order valence-electron chi connectivity index (χ0n) is 14.8. The van der Waals surface area contributed by atoms with Crippen molar-refractivity contribution in [2.75, 3.05) is 16.8 Å². The SMILES string of the molecule is Cc1ccc2c(c1)N(C(=O)CCC(=O)Nc1cccc(F)c1)CC(C)O2. The molecule has 0 saturated carbocycles. The van der Waals surface area contributed by atoms with Crippen LogP contribution in [0.1, 0.15) is 25.3 Å². The summed E-state index contributed by atoms with van der Waals surface area (Å²) in [5.74, 6) is -0.212. The molecular formula is C20H21FN2O3. The van der Waals surface area contributed by atoms with Gasteiger partial charge in [0.05, 0.1) is 12.2 Å². The number of halogens is 1. The zero-order chi connectivity index (χ0) is 18.7. The number of rotatable bonds is 4. The van der Waals surface area contributed by atoms with Gasteiger partial charge in [0.1, 0.15) is 17.7 Å². The Labute approximate surface area is 151 Å². The summed E-state index contributed by atoms with van der Waals surface area (Å²) in [6.07, 6.45) is -0.0148. The largest absolute Gasteiger partial charge is 0.487 e. The van der Waals surface area contributed by atoms with Crippen molar-refractivity contribution < 1.29 is 18.7 Å². The molecule has 0 bridgehead atoms. The van der Waals surface area contributed by atoms with E-state index in [2.05, 4.69) is 5.32 Å². The lowest BCUT2D eigenvalue weighted by atomic mass is 10.1. The molecular weight excluding hydrogens is 335 g/mol. The zero-order valence-corrected chi connectivity index (χ0v) is 14.8. The highest BCUT2D eigenvalue weighted by Gasteiger charge is 2.27. The van der Waals surface area contributed by atoms with E-state index < -0.39 is 5.82 Å². The molecule has 136 valence electrons. The highest BCUT2D eigenvalue weighted by Crippen LogP contribution is 2.34. The number of benzene rings is 2. The van der Waals surface area contributed by atoms with Gasteiger partial charge in [0.25, 0.3) is 0 Å². The topological polar surface area (TPSA) is 58.6 Å². The van der Waals surface area contributed by atoms with Crippen molar-refractivity contribution >= 4 is 23.2 Å². The number of nitrogens with one attached hydrogen (secondary N) is 1. The normalized spacial score (nSPS) is 15.8. The smallest absolute Gasteiger partial charge is 0.227 e. The summed E-state index contributed by atoms with van der Waals surface area (Å²) < 4.78 is 18.9. The third-order valence-electron chi connectivity index (χ3n) is 4.15. The molecule has 0 aromatic heterocycles. The molecule has 1 aliphatic rings. The summed E-state index contributed by atoms with van der Waals surface area (Å²) in [4.78, 5) is 26.4. The van der Waals surface area contributed by atoms with Gasteiger partial charge in [0, 0.05) is 18.5 Å². The Morgan fingerprint density at radius 2 is 2.04 bits per heavy atom. The maximum Gasteiger partial charge on any atom is 0.227 e. The van der Waals surface area contributed by atoms with E-state index in [0.717, 1.165) is 11.3 Å². The van der Waals surface area contributed by atoms with Crippen molar-refractivity contribution in [3.8, 4) is 5.75 Å². The Bertz CT molecular complexity index is 838. The van der Waals surface area contributed by atoms with Crippen LogP contribution in [0.2, 0.25) is 0 Å². The van der Waals surface area contributed by atoms with Crippen molar-refractivity contribution in [1.29, 1.82) is 0 Å². The molecule has 1 heterocycles. The lowest BCUT2D eigenvalue weighted by molar-refractivity contribution is -0.122. The van der Waals surface area contributed by atoms with Crippen molar-refractivity contribution in [2.45, 2.75) is 32.8 Å². The molecule has 5 nitrogen and oxygen atoms in total. The van der Waals surface area contributed by atoms with E-state index in [-0.39, 0.29) is 30.8 Å². The number of carbonyl (C=O) groups excluding carboxylic acids is 2. The quantitative estimate of drug-likeness (QED) is 0.909. The lowest BCUT2D eigenvalue weighted by Gasteiger charge is -2.33. The average Bonchev–Trinajstić information content (AvgIpc) is 2.59. The summed E-state index contributed by atoms with van der Waals surface area (Å²) in [7, 11) is 0. The van der Waals surface area contributed by atoms with Crippen molar-refractivity contribution in [1.82, 2.24) is 0 Å². The van der Waals surface area contributed by atoms with Crippen molar-refractivity contribution in [2.24, 2.45) is 0 Å². The molecule has 2 aromatic rings. The van der Waals surface area contributed by atoms with Gasteiger partial charge in [-0.1, -0.05) is 12.1 Å². The van der Waals surface area contributed by atoms with Gasteiger partial charge < -0.3 is 15.0 Å². The number of amides is 2. The molecule has 2 aromatic carbocycles. The molecule has 26 heavy (non-hydrogen) atoms. The fraction of sp³-hybridized carbons (Fsp3) is 0.300. The Morgan fingerprint density at radius 3 is 2.81 bits per heavy atom. The van der Waals surface area contributed by atoms with Gasteiger partial charge in [-0.2, -0.15) is 0 Å². The molecule has 1 N–H and O–H groups in total. The van der Waals surface area contributed by atoms with Gasteiger partial charge in [-0.05, 0) is 49.7 Å². The number of hydrogen-bond donors (Lipinski definition) is 1. The van der Waals surface area contributed by atoms with Crippen LogP contribution in [-0.4, -0.2) is 24.5 Å². The summed E-state index contributed by atoms with van der Waals surface area (Å²) in [6.45, 7) is 4.30. The lowest BCUT2D eigenvalue weighted by Crippen LogP contribution is -2.42. The number of nitrogens with zero attached hydrogens (tertiary/aromatic N) is 1. The van der Waals surface area contributed by atoms with Gasteiger partial charge in [-0.25, -0.2) is 4.39 Å². The van der Waals surface area contributed by atoms with Crippen LogP contribution in [0, 0.1) is 12.7 Å². The molecule has 1 unspecified atom stereocenters. The van der Waals surface area contributed by atoms with Crippen LogP contribution < -0.4 is 15.0 Å². The molecule has 1 aliphatic heterocycles. The molecule has 2 amide bonds. The minimum atomic E-state index is -0.423. The van der Waals surface area contributed by atoms with Crippen LogP contribution >= 0.6 is 0 Å². The van der Waals surface area contributed by atoms with Gasteiger partial charge in [-0.3, -0.25) is 9.59 Å². The first kappa shape index (κ1) is 17.9. The second-order valence-electron chi connectivity index (χ2n) is 6.46. The number of fused-ring (bicyclic) bond motifs is 1. The number of ether oxygens (including phenoxy) is 1. The maximum atomic E-state index is 13.2. The van der Waals surface area contributed by atoms with Crippen molar-refractivity contribution in [3.05, 3.63) is 53.8 Å². The third-order valence-corrected chi connectivity index (χ3v) is 4.15. The Balaban J connectivity index is 1.63. The molecule has 6 heteroatoms. The van der Waals surface area contributed by atoms with Crippen LogP contribution in [0.4, 0.5) is 15.8 Å². The van der Waals surface area contributed by atoms with Gasteiger partial charge in [-0.15, -0.1) is 0 Å². The number of hydrogen-bond acceptors (Lipinski definition) is 3. The Kier molecular flexibility index (Phi) is 5.21. The molecule has 0 aliphatic carbocycles. The van der Waals surface area contributed by atoms with Crippen LogP contribution in [0.15, 0.2) is 42.5 Å². The number of aryl methyl sites for hydroxylation is 1. The molecule has 1 atom stereocenters. The second kappa shape index (κ2) is 7.56. The van der Waals surface area contributed by atoms with Crippen LogP contribution in [0.5, 0.6) is 5.75 Å². The summed E-state index contributed by atoms with van der Waals surface area (Å²) in [5.41, 5.74) is 2.14. The van der Waals surface area contributed by atoms with Crippen LogP contribution in [0.25, 0.3) is 0 Å². The van der Waals surface area contributed by atoms with E-state index in [9.17, 15) is 14.0 Å². The Morgan fingerprint density at radius 1 is 1.23 bits per heavy atom. The van der Waals surface area contributed by atoms with E-state index in [1.54, 1.807) is 11.0 Å². The molecule has 0 saturated heterocycles. The predicted molar refractivity (Wildman–Crippen MR) is 97.9 cm³/mol. The maximum absolute atomic E-state index is 13.2. The molecule has 0 fully saturated rings. The standard InChI is InChI=1S/C20H21FN2O3/c1-13-6-7-18-17(10-13)23(12-14(2)26-18)20(25)9-8-19(24)22-16-5-3-4-15(21)11-16/h3-7,10-11,14H,8-9,12H2,1-2H3,(H,22,24). The highest BCUT2D eigenvalue weighted by atomic mass is 19.1. The van der Waals surface area contributed by atoms with Crippen LogP contribution in [0.3, 0.4) is 0 Å². The Hall–Kier alpha value is -2.89. The molecule has 0 spiro atoms. The predicted octanol–water partition coefficient (Wildman–Crippen LogP) is 3.67. The minimum Gasteiger partial charge on any atom is -0.487 e. The summed E-state index contributed by atoms with van der Waals surface area (Å²) in [5, 5.41) is 2.60.